The van der Waals surface area contributed by atoms with Crippen LogP contribution in [0.25, 0.3) is 0 Å². The summed E-state index contributed by atoms with van der Waals surface area (Å²) >= 11 is 0. The van der Waals surface area contributed by atoms with Gasteiger partial charge >= 0.3 is 0 Å². The fraction of sp³-hybridized carbons (Fsp3) is 0.625. The van der Waals surface area contributed by atoms with Gasteiger partial charge in [0, 0.05) is 18.7 Å². The highest BCUT2D eigenvalue weighted by molar-refractivity contribution is 5.35. The van der Waals surface area contributed by atoms with Gasteiger partial charge in [0.1, 0.15) is 5.75 Å². The van der Waals surface area contributed by atoms with E-state index in [1.807, 2.05) is 18.2 Å². The largest absolute Gasteiger partial charge is 0.496 e. The third kappa shape index (κ3) is 4.20. The van der Waals surface area contributed by atoms with Gasteiger partial charge < -0.3 is 19.5 Å². The number of hydrogen-bond acceptors (Lipinski definition) is 4. The summed E-state index contributed by atoms with van der Waals surface area (Å²) in [7, 11) is 1.70. The molecule has 2 unspecified atom stereocenters. The summed E-state index contributed by atoms with van der Waals surface area (Å²) in [5.74, 6) is 0.884. The van der Waals surface area contributed by atoms with Crippen LogP contribution in [0.1, 0.15) is 31.4 Å². The Morgan fingerprint density at radius 1 is 1.40 bits per heavy atom. The Hall–Kier alpha value is -1.10. The molecule has 0 spiro atoms. The van der Waals surface area contributed by atoms with Crippen molar-refractivity contribution in [2.75, 3.05) is 33.4 Å². The molecular formula is C16H25NO3. The molecule has 0 aliphatic carbocycles. The van der Waals surface area contributed by atoms with Gasteiger partial charge in [-0.2, -0.15) is 0 Å². The molecule has 0 radical (unpaired) electrons. The van der Waals surface area contributed by atoms with Crippen LogP contribution in [0.3, 0.4) is 0 Å². The summed E-state index contributed by atoms with van der Waals surface area (Å²) in [6.45, 7) is 5.45. The first-order valence-electron chi connectivity index (χ1n) is 7.42. The highest BCUT2D eigenvalue weighted by atomic mass is 16.6. The highest BCUT2D eigenvalue weighted by Crippen LogP contribution is 2.29. The Balaban J connectivity index is 2.06. The van der Waals surface area contributed by atoms with E-state index in [0.717, 1.165) is 43.9 Å². The fourth-order valence-corrected chi connectivity index (χ4v) is 2.43. The van der Waals surface area contributed by atoms with E-state index in [0.29, 0.717) is 6.61 Å². The predicted molar refractivity (Wildman–Crippen MR) is 79.2 cm³/mol. The minimum atomic E-state index is 0.00407. The molecular weight excluding hydrogens is 254 g/mol. The number of benzene rings is 1. The molecule has 2 atom stereocenters. The predicted octanol–water partition coefficient (Wildman–Crippen LogP) is 2.54. The Labute approximate surface area is 121 Å². The van der Waals surface area contributed by atoms with E-state index < -0.39 is 0 Å². The first-order chi connectivity index (χ1) is 9.85. The number of para-hydroxylation sites is 1. The van der Waals surface area contributed by atoms with Crippen LogP contribution in [-0.2, 0) is 9.47 Å². The lowest BCUT2D eigenvalue weighted by atomic mass is 10.1. The van der Waals surface area contributed by atoms with Crippen LogP contribution in [0, 0.1) is 0 Å². The van der Waals surface area contributed by atoms with Crippen molar-refractivity contribution in [3.8, 4) is 5.75 Å². The number of methoxy groups -OCH3 is 1. The fourth-order valence-electron chi connectivity index (χ4n) is 2.43. The van der Waals surface area contributed by atoms with E-state index in [-0.39, 0.29) is 12.2 Å². The smallest absolute Gasteiger partial charge is 0.124 e. The molecule has 1 N–H and O–H groups in total. The topological polar surface area (TPSA) is 39.7 Å². The van der Waals surface area contributed by atoms with Gasteiger partial charge in [-0.15, -0.1) is 0 Å². The van der Waals surface area contributed by atoms with E-state index in [1.165, 1.54) is 0 Å². The number of ether oxygens (including phenoxy) is 3. The van der Waals surface area contributed by atoms with Crippen molar-refractivity contribution < 1.29 is 14.2 Å². The number of rotatable bonds is 8. The molecule has 4 heteroatoms. The standard InChI is InChI=1S/C16H25NO3/c1-3-9-17-11-16(20-13-8-10-19-12-13)14-6-4-5-7-15(14)18-2/h4-7,13,16-17H,3,8-12H2,1-2H3. The van der Waals surface area contributed by atoms with Crippen LogP contribution in [0.5, 0.6) is 5.75 Å². The lowest BCUT2D eigenvalue weighted by Crippen LogP contribution is -2.28. The Bertz CT molecular complexity index is 391. The molecule has 0 aromatic heterocycles. The van der Waals surface area contributed by atoms with Gasteiger partial charge in [0.15, 0.2) is 0 Å². The molecule has 0 bridgehead atoms. The van der Waals surface area contributed by atoms with Crippen molar-refractivity contribution in [2.45, 2.75) is 32.0 Å². The summed E-state index contributed by atoms with van der Waals surface area (Å²) in [6, 6.07) is 8.07. The van der Waals surface area contributed by atoms with Crippen molar-refractivity contribution >= 4 is 0 Å². The van der Waals surface area contributed by atoms with Crippen molar-refractivity contribution in [3.63, 3.8) is 0 Å². The van der Waals surface area contributed by atoms with Crippen molar-refractivity contribution in [2.24, 2.45) is 0 Å². The average molecular weight is 279 g/mol. The summed E-state index contributed by atoms with van der Waals surface area (Å²) in [5.41, 5.74) is 1.10. The first-order valence-corrected chi connectivity index (χ1v) is 7.42. The van der Waals surface area contributed by atoms with Gasteiger partial charge in [-0.1, -0.05) is 25.1 Å². The van der Waals surface area contributed by atoms with Crippen molar-refractivity contribution in [1.29, 1.82) is 0 Å². The second-order valence-electron chi connectivity index (χ2n) is 5.06. The maximum absolute atomic E-state index is 6.22. The molecule has 2 rings (SSSR count). The zero-order valence-corrected chi connectivity index (χ0v) is 12.4. The third-order valence-electron chi connectivity index (χ3n) is 3.49. The lowest BCUT2D eigenvalue weighted by molar-refractivity contribution is -0.0173. The van der Waals surface area contributed by atoms with Crippen molar-refractivity contribution in [1.82, 2.24) is 5.32 Å². The van der Waals surface area contributed by atoms with Gasteiger partial charge in [0.2, 0.25) is 0 Å². The Kier molecular flexibility index (Phi) is 6.30. The van der Waals surface area contributed by atoms with Crippen LogP contribution in [-0.4, -0.2) is 39.5 Å². The van der Waals surface area contributed by atoms with Gasteiger partial charge in [0.05, 0.1) is 25.9 Å². The van der Waals surface area contributed by atoms with Crippen LogP contribution in [0.4, 0.5) is 0 Å². The molecule has 112 valence electrons. The minimum Gasteiger partial charge on any atom is -0.496 e. The van der Waals surface area contributed by atoms with Gasteiger partial charge in [-0.05, 0) is 25.5 Å². The van der Waals surface area contributed by atoms with Crippen LogP contribution < -0.4 is 10.1 Å². The Morgan fingerprint density at radius 2 is 2.25 bits per heavy atom. The second-order valence-corrected chi connectivity index (χ2v) is 5.06. The van der Waals surface area contributed by atoms with Gasteiger partial charge in [-0.25, -0.2) is 0 Å². The molecule has 0 amide bonds. The third-order valence-corrected chi connectivity index (χ3v) is 3.49. The molecule has 20 heavy (non-hydrogen) atoms. The van der Waals surface area contributed by atoms with Crippen LogP contribution in [0.2, 0.25) is 0 Å². The highest BCUT2D eigenvalue weighted by Gasteiger charge is 2.23. The molecule has 1 saturated heterocycles. The molecule has 1 aliphatic rings. The molecule has 1 aliphatic heterocycles. The average Bonchev–Trinajstić information content (AvgIpc) is 2.99. The summed E-state index contributed by atoms with van der Waals surface area (Å²) in [4.78, 5) is 0. The zero-order valence-electron chi connectivity index (χ0n) is 12.4. The van der Waals surface area contributed by atoms with E-state index in [1.54, 1.807) is 7.11 Å². The van der Waals surface area contributed by atoms with Crippen molar-refractivity contribution in [3.05, 3.63) is 29.8 Å². The molecule has 1 heterocycles. The maximum Gasteiger partial charge on any atom is 0.124 e. The lowest BCUT2D eigenvalue weighted by Gasteiger charge is -2.24. The minimum absolute atomic E-state index is 0.00407. The van der Waals surface area contributed by atoms with Gasteiger partial charge in [-0.3, -0.25) is 0 Å². The van der Waals surface area contributed by atoms with E-state index in [2.05, 4.69) is 18.3 Å². The van der Waals surface area contributed by atoms with Crippen LogP contribution >= 0.6 is 0 Å². The summed E-state index contributed by atoms with van der Waals surface area (Å²) in [5, 5.41) is 3.44. The number of hydrogen-bond donors (Lipinski definition) is 1. The summed E-state index contributed by atoms with van der Waals surface area (Å²) in [6.07, 6.45) is 2.28. The quantitative estimate of drug-likeness (QED) is 0.742. The number of nitrogens with one attached hydrogen (secondary N) is 1. The van der Waals surface area contributed by atoms with E-state index in [4.69, 9.17) is 14.2 Å². The summed E-state index contributed by atoms with van der Waals surface area (Å²) < 4.78 is 17.1. The maximum atomic E-state index is 6.22. The normalized spacial score (nSPS) is 20.0. The molecule has 1 aromatic carbocycles. The van der Waals surface area contributed by atoms with Crippen LogP contribution in [0.15, 0.2) is 24.3 Å². The molecule has 4 nitrogen and oxygen atoms in total. The molecule has 1 fully saturated rings. The second kappa shape index (κ2) is 8.25. The molecule has 1 aromatic rings. The van der Waals surface area contributed by atoms with Gasteiger partial charge in [0.25, 0.3) is 0 Å². The zero-order chi connectivity index (χ0) is 14.2. The monoisotopic (exact) mass is 279 g/mol. The Morgan fingerprint density at radius 3 is 2.95 bits per heavy atom. The van der Waals surface area contributed by atoms with E-state index >= 15 is 0 Å². The van der Waals surface area contributed by atoms with E-state index in [9.17, 15) is 0 Å². The first kappa shape index (κ1) is 15.3. The molecule has 0 saturated carbocycles. The SMILES string of the molecule is CCCNCC(OC1CCOC1)c1ccccc1OC.